The number of allylic oxidation sites excluding steroid dienone is 2. The first kappa shape index (κ1) is 26.7. The number of hydrogen-bond donors (Lipinski definition) is 1. The number of halogens is 4. The highest BCUT2D eigenvalue weighted by Crippen LogP contribution is 2.38. The standard InChI is InChI=1S/C23H26F4N4O3S/c1-15(2)31(35(33,34)20-9-7-18(24)8-10-20)13-22(32)28-12-19-11-21(30-14-29-19)16-3-5-17(6-4-16)23(25,26)27/h3,7-11,14-15,17H,4-6,12-13H2,1-2H3,(H,28,32). The number of benzene rings is 1. The minimum absolute atomic E-state index is 0.0149. The van der Waals surface area contributed by atoms with Crippen LogP contribution in [0.4, 0.5) is 17.6 Å². The topological polar surface area (TPSA) is 92.3 Å². The lowest BCUT2D eigenvalue weighted by Crippen LogP contribution is -2.44. The number of carbonyl (C=O) groups excluding carboxylic acids is 1. The van der Waals surface area contributed by atoms with Gasteiger partial charge in [0.05, 0.1) is 35.3 Å². The third-order valence-corrected chi connectivity index (χ3v) is 7.72. The van der Waals surface area contributed by atoms with Gasteiger partial charge in [-0.15, -0.1) is 0 Å². The van der Waals surface area contributed by atoms with Crippen LogP contribution in [-0.4, -0.2) is 47.4 Å². The number of nitrogens with one attached hydrogen (secondary N) is 1. The predicted octanol–water partition coefficient (Wildman–Crippen LogP) is 4.08. The molecule has 190 valence electrons. The van der Waals surface area contributed by atoms with Crippen LogP contribution in [-0.2, 0) is 21.4 Å². The second-order valence-electron chi connectivity index (χ2n) is 8.51. The highest BCUT2D eigenvalue weighted by molar-refractivity contribution is 7.89. The fourth-order valence-electron chi connectivity index (χ4n) is 3.71. The third-order valence-electron chi connectivity index (χ3n) is 5.69. The molecule has 0 fully saturated rings. The molecule has 1 N–H and O–H groups in total. The Bertz CT molecular complexity index is 1180. The van der Waals surface area contributed by atoms with Crippen molar-refractivity contribution < 1.29 is 30.8 Å². The minimum Gasteiger partial charge on any atom is -0.349 e. The van der Waals surface area contributed by atoms with Crippen molar-refractivity contribution in [2.45, 2.75) is 56.8 Å². The molecule has 1 heterocycles. The van der Waals surface area contributed by atoms with Crippen LogP contribution >= 0.6 is 0 Å². The summed E-state index contributed by atoms with van der Waals surface area (Å²) in [5.74, 6) is -2.51. The largest absolute Gasteiger partial charge is 0.392 e. The summed E-state index contributed by atoms with van der Waals surface area (Å²) in [6.45, 7) is 2.76. The van der Waals surface area contributed by atoms with Gasteiger partial charge < -0.3 is 5.32 Å². The zero-order chi connectivity index (χ0) is 25.8. The first-order valence-electron chi connectivity index (χ1n) is 11.0. The van der Waals surface area contributed by atoms with E-state index in [0.29, 0.717) is 17.0 Å². The number of sulfonamides is 1. The summed E-state index contributed by atoms with van der Waals surface area (Å²) in [4.78, 5) is 20.6. The molecule has 0 saturated carbocycles. The van der Waals surface area contributed by atoms with Crippen LogP contribution in [0.1, 0.15) is 44.5 Å². The molecule has 0 saturated heterocycles. The van der Waals surface area contributed by atoms with Crippen LogP contribution in [0.25, 0.3) is 5.57 Å². The molecule has 0 aliphatic heterocycles. The maximum atomic E-state index is 13.2. The number of amides is 1. The summed E-state index contributed by atoms with van der Waals surface area (Å²) in [5, 5.41) is 2.61. The van der Waals surface area contributed by atoms with Crippen LogP contribution in [0.3, 0.4) is 0 Å². The van der Waals surface area contributed by atoms with E-state index in [1.54, 1.807) is 19.9 Å². The van der Waals surface area contributed by atoms with Crippen molar-refractivity contribution in [1.82, 2.24) is 19.6 Å². The maximum absolute atomic E-state index is 13.2. The summed E-state index contributed by atoms with van der Waals surface area (Å²) < 4.78 is 78.7. The molecule has 1 amide bonds. The molecular formula is C23H26F4N4O3S. The summed E-state index contributed by atoms with van der Waals surface area (Å²) in [7, 11) is -4.04. The van der Waals surface area contributed by atoms with E-state index in [9.17, 15) is 30.8 Å². The van der Waals surface area contributed by atoms with Crippen LogP contribution in [0.5, 0.6) is 0 Å². The van der Waals surface area contributed by atoms with E-state index in [1.165, 1.54) is 12.4 Å². The Morgan fingerprint density at radius 3 is 2.46 bits per heavy atom. The van der Waals surface area contributed by atoms with Gasteiger partial charge in [-0.1, -0.05) is 6.08 Å². The molecule has 1 unspecified atom stereocenters. The lowest BCUT2D eigenvalue weighted by molar-refractivity contribution is -0.175. The first-order chi connectivity index (χ1) is 16.4. The molecule has 12 heteroatoms. The molecule has 7 nitrogen and oxygen atoms in total. The maximum Gasteiger partial charge on any atom is 0.392 e. The van der Waals surface area contributed by atoms with Crippen molar-refractivity contribution in [1.29, 1.82) is 0 Å². The van der Waals surface area contributed by atoms with Crippen molar-refractivity contribution in [3.05, 3.63) is 59.9 Å². The number of carbonyl (C=O) groups is 1. The van der Waals surface area contributed by atoms with Gasteiger partial charge in [0.25, 0.3) is 0 Å². The SMILES string of the molecule is CC(C)N(CC(=O)NCc1cc(C2=CCC(C(F)(F)F)CC2)ncn1)S(=O)(=O)c1ccc(F)cc1. The fourth-order valence-corrected chi connectivity index (χ4v) is 5.30. The molecule has 1 atom stereocenters. The Kier molecular flexibility index (Phi) is 8.26. The number of rotatable bonds is 8. The highest BCUT2D eigenvalue weighted by atomic mass is 32.2. The van der Waals surface area contributed by atoms with Crippen molar-refractivity contribution >= 4 is 21.5 Å². The Balaban J connectivity index is 1.64. The van der Waals surface area contributed by atoms with Gasteiger partial charge in [0.15, 0.2) is 0 Å². The number of hydrogen-bond acceptors (Lipinski definition) is 5. The molecule has 0 spiro atoms. The molecule has 1 aromatic carbocycles. The van der Waals surface area contributed by atoms with Gasteiger partial charge in [-0.25, -0.2) is 22.8 Å². The van der Waals surface area contributed by atoms with Gasteiger partial charge in [-0.2, -0.15) is 17.5 Å². The molecule has 1 aromatic heterocycles. The molecule has 0 radical (unpaired) electrons. The first-order valence-corrected chi connectivity index (χ1v) is 12.4. The Morgan fingerprint density at radius 1 is 1.20 bits per heavy atom. The van der Waals surface area contributed by atoms with Crippen molar-refractivity contribution in [3.63, 3.8) is 0 Å². The Morgan fingerprint density at radius 2 is 1.89 bits per heavy atom. The number of aromatic nitrogens is 2. The number of nitrogens with zero attached hydrogens (tertiary/aromatic N) is 3. The van der Waals surface area contributed by atoms with E-state index in [1.807, 2.05) is 0 Å². The summed E-state index contributed by atoms with van der Waals surface area (Å²) in [5.41, 5.74) is 1.61. The summed E-state index contributed by atoms with van der Waals surface area (Å²) >= 11 is 0. The zero-order valence-electron chi connectivity index (χ0n) is 19.2. The lowest BCUT2D eigenvalue weighted by Gasteiger charge is -2.25. The summed E-state index contributed by atoms with van der Waals surface area (Å²) in [6.07, 6.45) is -1.31. The second-order valence-corrected chi connectivity index (χ2v) is 10.4. The molecule has 1 aliphatic rings. The lowest BCUT2D eigenvalue weighted by atomic mass is 9.88. The van der Waals surface area contributed by atoms with Crippen LogP contribution in [0.15, 0.2) is 47.6 Å². The van der Waals surface area contributed by atoms with Gasteiger partial charge in [0, 0.05) is 6.04 Å². The van der Waals surface area contributed by atoms with E-state index in [4.69, 9.17) is 0 Å². The van der Waals surface area contributed by atoms with E-state index in [0.717, 1.165) is 28.6 Å². The molecule has 0 bridgehead atoms. The van der Waals surface area contributed by atoms with Gasteiger partial charge in [0.2, 0.25) is 15.9 Å². The predicted molar refractivity (Wildman–Crippen MR) is 121 cm³/mol. The Labute approximate surface area is 201 Å². The average molecular weight is 515 g/mol. The third kappa shape index (κ3) is 6.85. The van der Waals surface area contributed by atoms with Crippen molar-refractivity contribution in [3.8, 4) is 0 Å². The van der Waals surface area contributed by atoms with E-state index >= 15 is 0 Å². The smallest absolute Gasteiger partial charge is 0.349 e. The summed E-state index contributed by atoms with van der Waals surface area (Å²) in [6, 6.07) is 5.39. The highest BCUT2D eigenvalue weighted by Gasteiger charge is 2.39. The van der Waals surface area contributed by atoms with E-state index < -0.39 is 46.4 Å². The molecular weight excluding hydrogens is 488 g/mol. The van der Waals surface area contributed by atoms with Crippen molar-refractivity contribution in [2.75, 3.05) is 6.54 Å². The van der Waals surface area contributed by atoms with E-state index in [2.05, 4.69) is 15.3 Å². The molecule has 3 rings (SSSR count). The van der Waals surface area contributed by atoms with Gasteiger partial charge in [-0.3, -0.25) is 4.79 Å². The zero-order valence-corrected chi connectivity index (χ0v) is 20.0. The minimum atomic E-state index is -4.23. The normalized spacial score (nSPS) is 16.9. The molecule has 35 heavy (non-hydrogen) atoms. The average Bonchev–Trinajstić information content (AvgIpc) is 2.81. The van der Waals surface area contributed by atoms with Crippen molar-refractivity contribution in [2.24, 2.45) is 5.92 Å². The van der Waals surface area contributed by atoms with Gasteiger partial charge in [0.1, 0.15) is 12.1 Å². The fraction of sp³-hybridized carbons (Fsp3) is 0.435. The van der Waals surface area contributed by atoms with Gasteiger partial charge >= 0.3 is 6.18 Å². The second kappa shape index (κ2) is 10.8. The van der Waals surface area contributed by atoms with E-state index in [-0.39, 0.29) is 30.7 Å². The quantitative estimate of drug-likeness (QED) is 0.536. The monoisotopic (exact) mass is 514 g/mol. The van der Waals surface area contributed by atoms with Crippen LogP contribution in [0, 0.1) is 11.7 Å². The van der Waals surface area contributed by atoms with Gasteiger partial charge in [-0.05, 0) is 69.0 Å². The Hall–Kier alpha value is -2.86. The number of alkyl halides is 3. The van der Waals surface area contributed by atoms with Crippen LogP contribution < -0.4 is 5.32 Å². The van der Waals surface area contributed by atoms with Crippen LogP contribution in [0.2, 0.25) is 0 Å². The molecule has 2 aromatic rings. The molecule has 1 aliphatic carbocycles.